The molecule has 0 saturated carbocycles. The second kappa shape index (κ2) is 6.20. The summed E-state index contributed by atoms with van der Waals surface area (Å²) < 4.78 is 6.37. The number of benzene rings is 4. The third-order valence-electron chi connectivity index (χ3n) is 4.92. The molecule has 5 aromatic rings. The Labute approximate surface area is 152 Å². The minimum atomic E-state index is 0.786. The van der Waals surface area contributed by atoms with Crippen molar-refractivity contribution >= 4 is 21.7 Å². The lowest BCUT2D eigenvalue weighted by Gasteiger charge is -2.05. The van der Waals surface area contributed by atoms with E-state index in [1.54, 1.807) is 0 Å². The van der Waals surface area contributed by atoms with E-state index >= 15 is 0 Å². The van der Waals surface area contributed by atoms with Crippen LogP contribution in [0.3, 0.4) is 0 Å². The van der Waals surface area contributed by atoms with Gasteiger partial charge in [0.2, 0.25) is 0 Å². The predicted octanol–water partition coefficient (Wildman–Crippen LogP) is 6.84. The molecular weight excluding hydrogens is 316 g/mol. The van der Waals surface area contributed by atoms with Crippen molar-refractivity contribution in [1.82, 2.24) is 0 Å². The topological polar surface area (TPSA) is 13.1 Å². The molecule has 1 nitrogen and oxygen atoms in total. The van der Waals surface area contributed by atoms with Gasteiger partial charge in [0, 0.05) is 17.4 Å². The molecule has 0 N–H and O–H groups in total. The van der Waals surface area contributed by atoms with Crippen molar-refractivity contribution in [2.75, 3.05) is 0 Å². The first-order valence-electron chi connectivity index (χ1n) is 8.92. The van der Waals surface area contributed by atoms with Crippen LogP contribution in [-0.4, -0.2) is 0 Å². The van der Waals surface area contributed by atoms with Crippen molar-refractivity contribution in [3.8, 4) is 11.1 Å². The van der Waals surface area contributed by atoms with E-state index in [4.69, 9.17) is 4.42 Å². The molecular formula is C25H18O. The van der Waals surface area contributed by atoms with E-state index in [9.17, 15) is 0 Å². The Hall–Kier alpha value is -3.32. The molecule has 0 aliphatic carbocycles. The molecule has 0 aliphatic rings. The van der Waals surface area contributed by atoms with Crippen molar-refractivity contribution in [2.45, 2.75) is 6.42 Å². The molecule has 0 atom stereocenters. The molecule has 0 radical (unpaired) electrons. The van der Waals surface area contributed by atoms with Crippen molar-refractivity contribution in [2.24, 2.45) is 0 Å². The van der Waals surface area contributed by atoms with Gasteiger partial charge < -0.3 is 4.42 Å². The monoisotopic (exact) mass is 334 g/mol. The highest BCUT2D eigenvalue weighted by Gasteiger charge is 2.18. The first-order chi connectivity index (χ1) is 12.9. The molecule has 0 aliphatic heterocycles. The molecule has 0 spiro atoms. The fraction of sp³-hybridized carbons (Fsp3) is 0.0400. The van der Waals surface area contributed by atoms with Crippen LogP contribution in [0.1, 0.15) is 11.3 Å². The Kier molecular flexibility index (Phi) is 3.57. The van der Waals surface area contributed by atoms with Gasteiger partial charge in [-0.2, -0.15) is 0 Å². The van der Waals surface area contributed by atoms with E-state index in [1.165, 1.54) is 32.8 Å². The molecule has 5 rings (SSSR count). The molecule has 1 aromatic heterocycles. The Balaban J connectivity index is 1.83. The summed E-state index contributed by atoms with van der Waals surface area (Å²) in [7, 11) is 0. The third-order valence-corrected chi connectivity index (χ3v) is 4.92. The number of furan rings is 1. The molecule has 124 valence electrons. The fourth-order valence-corrected chi connectivity index (χ4v) is 3.73. The number of hydrogen-bond acceptors (Lipinski definition) is 1. The Morgan fingerprint density at radius 1 is 0.615 bits per heavy atom. The van der Waals surface area contributed by atoms with E-state index in [0.717, 1.165) is 17.8 Å². The standard InChI is InChI=1S/C25H18O/c1-3-9-18(10-4-1)17-23-24(20-12-5-2-6-13-20)25-21-14-8-7-11-19(21)15-16-22(25)26-23/h1-16H,17H2. The summed E-state index contributed by atoms with van der Waals surface area (Å²) in [6.07, 6.45) is 0.786. The minimum Gasteiger partial charge on any atom is -0.460 e. The smallest absolute Gasteiger partial charge is 0.135 e. The largest absolute Gasteiger partial charge is 0.460 e. The van der Waals surface area contributed by atoms with E-state index < -0.39 is 0 Å². The Morgan fingerprint density at radius 2 is 1.31 bits per heavy atom. The van der Waals surface area contributed by atoms with Gasteiger partial charge in [0.25, 0.3) is 0 Å². The maximum Gasteiger partial charge on any atom is 0.135 e. The molecule has 0 fully saturated rings. The van der Waals surface area contributed by atoms with Crippen LogP contribution in [0.15, 0.2) is 101 Å². The maximum absolute atomic E-state index is 6.37. The van der Waals surface area contributed by atoms with Gasteiger partial charge >= 0.3 is 0 Å². The zero-order valence-electron chi connectivity index (χ0n) is 14.4. The molecule has 26 heavy (non-hydrogen) atoms. The van der Waals surface area contributed by atoms with Crippen molar-refractivity contribution in [1.29, 1.82) is 0 Å². The van der Waals surface area contributed by atoms with Crippen LogP contribution in [0, 0.1) is 0 Å². The average molecular weight is 334 g/mol. The fourth-order valence-electron chi connectivity index (χ4n) is 3.73. The summed E-state index contributed by atoms with van der Waals surface area (Å²) in [6.45, 7) is 0. The lowest BCUT2D eigenvalue weighted by molar-refractivity contribution is 0.564. The highest BCUT2D eigenvalue weighted by Crippen LogP contribution is 2.40. The predicted molar refractivity (Wildman–Crippen MR) is 108 cm³/mol. The van der Waals surface area contributed by atoms with E-state index in [0.29, 0.717) is 0 Å². The van der Waals surface area contributed by atoms with Gasteiger partial charge in [-0.15, -0.1) is 0 Å². The molecule has 0 bridgehead atoms. The van der Waals surface area contributed by atoms with Gasteiger partial charge in [0.05, 0.1) is 0 Å². The minimum absolute atomic E-state index is 0.786. The van der Waals surface area contributed by atoms with E-state index in [2.05, 4.69) is 91.0 Å². The van der Waals surface area contributed by atoms with Crippen LogP contribution in [-0.2, 0) is 6.42 Å². The number of rotatable bonds is 3. The second-order valence-corrected chi connectivity index (χ2v) is 6.59. The SMILES string of the molecule is c1ccc(Cc2oc3ccc4ccccc4c3c2-c2ccccc2)cc1. The van der Waals surface area contributed by atoms with Gasteiger partial charge in [-0.1, -0.05) is 91.0 Å². The third kappa shape index (κ3) is 2.49. The lowest BCUT2D eigenvalue weighted by Crippen LogP contribution is -1.89. The summed E-state index contributed by atoms with van der Waals surface area (Å²) in [5.74, 6) is 1.02. The summed E-state index contributed by atoms with van der Waals surface area (Å²) in [4.78, 5) is 0. The van der Waals surface area contributed by atoms with Gasteiger partial charge in [0.15, 0.2) is 0 Å². The number of hydrogen-bond donors (Lipinski definition) is 0. The van der Waals surface area contributed by atoms with Crippen LogP contribution < -0.4 is 0 Å². The van der Waals surface area contributed by atoms with Crippen LogP contribution in [0.5, 0.6) is 0 Å². The normalized spacial score (nSPS) is 11.2. The summed E-state index contributed by atoms with van der Waals surface area (Å²) >= 11 is 0. The molecule has 0 unspecified atom stereocenters. The molecule has 1 heteroatoms. The highest BCUT2D eigenvalue weighted by molar-refractivity contribution is 6.13. The second-order valence-electron chi connectivity index (χ2n) is 6.59. The van der Waals surface area contributed by atoms with Crippen molar-refractivity contribution < 1.29 is 4.42 Å². The molecule has 1 heterocycles. The van der Waals surface area contributed by atoms with Crippen molar-refractivity contribution in [3.05, 3.63) is 108 Å². The van der Waals surface area contributed by atoms with Gasteiger partial charge in [-0.3, -0.25) is 0 Å². The van der Waals surface area contributed by atoms with Gasteiger partial charge in [-0.25, -0.2) is 0 Å². The first-order valence-corrected chi connectivity index (χ1v) is 8.92. The Morgan fingerprint density at radius 3 is 2.12 bits per heavy atom. The molecule has 0 amide bonds. The van der Waals surface area contributed by atoms with E-state index in [-0.39, 0.29) is 0 Å². The maximum atomic E-state index is 6.37. The Bertz CT molecular complexity index is 1180. The van der Waals surface area contributed by atoms with Crippen LogP contribution in [0.2, 0.25) is 0 Å². The number of fused-ring (bicyclic) bond motifs is 3. The highest BCUT2D eigenvalue weighted by atomic mass is 16.3. The lowest BCUT2D eigenvalue weighted by atomic mass is 9.95. The van der Waals surface area contributed by atoms with Crippen molar-refractivity contribution in [3.63, 3.8) is 0 Å². The van der Waals surface area contributed by atoms with Crippen LogP contribution >= 0.6 is 0 Å². The summed E-state index contributed by atoms with van der Waals surface area (Å²) in [5, 5.41) is 3.69. The van der Waals surface area contributed by atoms with Gasteiger partial charge in [0.1, 0.15) is 11.3 Å². The van der Waals surface area contributed by atoms with E-state index in [1.807, 2.05) is 6.07 Å². The zero-order valence-corrected chi connectivity index (χ0v) is 14.4. The zero-order chi connectivity index (χ0) is 17.3. The van der Waals surface area contributed by atoms with Crippen LogP contribution in [0.4, 0.5) is 0 Å². The summed E-state index contributed by atoms with van der Waals surface area (Å²) in [5.41, 5.74) is 4.62. The molecule has 4 aromatic carbocycles. The van der Waals surface area contributed by atoms with Gasteiger partial charge in [-0.05, 0) is 28.0 Å². The first kappa shape index (κ1) is 15.0. The quantitative estimate of drug-likeness (QED) is 0.352. The summed E-state index contributed by atoms with van der Waals surface area (Å²) in [6, 6.07) is 33.8. The average Bonchev–Trinajstić information content (AvgIpc) is 3.08. The van der Waals surface area contributed by atoms with Crippen LogP contribution in [0.25, 0.3) is 32.9 Å². The molecule has 0 saturated heterocycles.